The van der Waals surface area contributed by atoms with Crippen LogP contribution in [0.15, 0.2) is 68.3 Å². The second-order valence-electron chi connectivity index (χ2n) is 6.01. The molecule has 0 saturated carbocycles. The summed E-state index contributed by atoms with van der Waals surface area (Å²) in [6, 6.07) is 12.8. The van der Waals surface area contributed by atoms with Gasteiger partial charge in [0.15, 0.2) is 0 Å². The molecule has 0 unspecified atom stereocenters. The van der Waals surface area contributed by atoms with Gasteiger partial charge in [-0.2, -0.15) is 0 Å². The Bertz CT molecular complexity index is 1010. The van der Waals surface area contributed by atoms with Gasteiger partial charge in [0.2, 0.25) is 0 Å². The highest BCUT2D eigenvalue weighted by Gasteiger charge is 2.38. The van der Waals surface area contributed by atoms with Crippen LogP contribution in [0, 0.1) is 0 Å². The lowest BCUT2D eigenvalue weighted by atomic mass is 10.0. The van der Waals surface area contributed by atoms with Crippen LogP contribution in [0.4, 0.5) is 5.69 Å². The Hall–Kier alpha value is -2.38. The minimum absolute atomic E-state index is 0.234. The van der Waals surface area contributed by atoms with Crippen molar-refractivity contribution in [3.63, 3.8) is 0 Å². The lowest BCUT2D eigenvalue weighted by molar-refractivity contribution is -0.136. The first kappa shape index (κ1) is 20.4. The minimum atomic E-state index is -0.564. The molecule has 28 heavy (non-hydrogen) atoms. The molecule has 1 aliphatic rings. The van der Waals surface area contributed by atoms with E-state index in [-0.39, 0.29) is 17.1 Å². The van der Waals surface area contributed by atoms with Gasteiger partial charge < -0.3 is 9.47 Å². The number of hydrogen-bond acceptors (Lipinski definition) is 4. The number of methoxy groups -OCH3 is 2. The number of esters is 1. The molecule has 0 saturated heterocycles. The number of halogens is 2. The van der Waals surface area contributed by atoms with E-state index in [1.165, 1.54) is 12.0 Å². The van der Waals surface area contributed by atoms with Crippen molar-refractivity contribution in [2.45, 2.75) is 6.92 Å². The Balaban J connectivity index is 2.18. The number of nitrogens with zero attached hydrogens (tertiary/aromatic N) is 1. The molecular formula is C21H17Br2NO4. The van der Waals surface area contributed by atoms with E-state index in [0.717, 1.165) is 8.95 Å². The fourth-order valence-corrected chi connectivity index (χ4v) is 3.70. The number of ether oxygens (including phenoxy) is 2. The molecule has 144 valence electrons. The molecule has 2 aromatic carbocycles. The van der Waals surface area contributed by atoms with Crippen molar-refractivity contribution < 1.29 is 19.1 Å². The summed E-state index contributed by atoms with van der Waals surface area (Å²) in [7, 11) is 2.85. The number of carbonyl (C=O) groups excluding carboxylic acids is 2. The Kier molecular flexibility index (Phi) is 6.05. The highest BCUT2D eigenvalue weighted by Crippen LogP contribution is 2.37. The Morgan fingerprint density at radius 2 is 1.68 bits per heavy atom. The molecule has 0 radical (unpaired) electrons. The lowest BCUT2D eigenvalue weighted by Crippen LogP contribution is -2.24. The van der Waals surface area contributed by atoms with E-state index in [1.807, 2.05) is 36.4 Å². The molecule has 0 atom stereocenters. The number of benzene rings is 2. The van der Waals surface area contributed by atoms with Gasteiger partial charge in [0.05, 0.1) is 25.4 Å². The van der Waals surface area contributed by atoms with Gasteiger partial charge in [0, 0.05) is 25.9 Å². The van der Waals surface area contributed by atoms with Gasteiger partial charge in [0.1, 0.15) is 5.75 Å². The van der Waals surface area contributed by atoms with E-state index in [2.05, 4.69) is 31.9 Å². The third kappa shape index (κ3) is 3.77. The summed E-state index contributed by atoms with van der Waals surface area (Å²) in [5, 5.41) is 0. The lowest BCUT2D eigenvalue weighted by Gasteiger charge is -2.18. The second-order valence-corrected chi connectivity index (χ2v) is 7.84. The zero-order chi connectivity index (χ0) is 20.4. The van der Waals surface area contributed by atoms with Gasteiger partial charge in [-0.05, 0) is 55.5 Å². The predicted octanol–water partition coefficient (Wildman–Crippen LogP) is 5.10. The molecule has 5 nitrogen and oxygen atoms in total. The van der Waals surface area contributed by atoms with Crippen LogP contribution in [0.1, 0.15) is 12.5 Å². The predicted molar refractivity (Wildman–Crippen MR) is 115 cm³/mol. The van der Waals surface area contributed by atoms with Gasteiger partial charge >= 0.3 is 5.97 Å². The minimum Gasteiger partial charge on any atom is -0.496 e. The smallest absolute Gasteiger partial charge is 0.340 e. The maximum absolute atomic E-state index is 13.3. The monoisotopic (exact) mass is 505 g/mol. The number of amides is 1. The molecule has 0 aromatic heterocycles. The Labute approximate surface area is 179 Å². The van der Waals surface area contributed by atoms with E-state index in [4.69, 9.17) is 9.47 Å². The molecule has 1 heterocycles. The molecule has 3 rings (SSSR count). The van der Waals surface area contributed by atoms with Crippen LogP contribution in [0.2, 0.25) is 0 Å². The Morgan fingerprint density at radius 1 is 1.04 bits per heavy atom. The summed E-state index contributed by atoms with van der Waals surface area (Å²) in [5.74, 6) is -0.277. The van der Waals surface area contributed by atoms with Gasteiger partial charge in [-0.15, -0.1) is 0 Å². The first-order valence-corrected chi connectivity index (χ1v) is 9.90. The molecule has 2 aromatic rings. The van der Waals surface area contributed by atoms with Gasteiger partial charge in [-0.1, -0.05) is 31.9 Å². The van der Waals surface area contributed by atoms with Crippen molar-refractivity contribution in [1.29, 1.82) is 0 Å². The van der Waals surface area contributed by atoms with E-state index >= 15 is 0 Å². The highest BCUT2D eigenvalue weighted by molar-refractivity contribution is 9.10. The maximum atomic E-state index is 13.3. The fourth-order valence-electron chi connectivity index (χ4n) is 3.05. The highest BCUT2D eigenvalue weighted by atomic mass is 79.9. The zero-order valence-corrected chi connectivity index (χ0v) is 18.6. The quantitative estimate of drug-likeness (QED) is 0.427. The summed E-state index contributed by atoms with van der Waals surface area (Å²) >= 11 is 6.82. The normalized spacial score (nSPS) is 15.4. The summed E-state index contributed by atoms with van der Waals surface area (Å²) in [4.78, 5) is 27.2. The molecule has 0 bridgehead atoms. The third-order valence-corrected chi connectivity index (χ3v) is 5.39. The molecule has 0 N–H and O–H groups in total. The van der Waals surface area contributed by atoms with Gasteiger partial charge in [0.25, 0.3) is 5.91 Å². The standard InChI is InChI=1S/C21H17Br2NO4/c1-12-19(21(26)28-3)17(11-13-10-15(23)6-9-18(13)27-2)20(25)24(12)16-7-4-14(22)5-8-16/h4-11H,1-3H3/b17-11-. The SMILES string of the molecule is COC(=O)C1=C(C)N(c2ccc(Br)cc2)C(=O)/C1=C\c1cc(Br)ccc1OC. The van der Waals surface area contributed by atoms with Crippen LogP contribution in [0.3, 0.4) is 0 Å². The maximum Gasteiger partial charge on any atom is 0.340 e. The number of allylic oxidation sites excluding steroid dienone is 1. The van der Waals surface area contributed by atoms with E-state index in [0.29, 0.717) is 22.7 Å². The van der Waals surface area contributed by atoms with Crippen molar-refractivity contribution in [3.8, 4) is 5.75 Å². The van der Waals surface area contributed by atoms with E-state index in [1.54, 1.807) is 26.2 Å². The van der Waals surface area contributed by atoms with Crippen molar-refractivity contribution in [2.24, 2.45) is 0 Å². The number of hydrogen-bond donors (Lipinski definition) is 0. The number of carbonyl (C=O) groups is 2. The van der Waals surface area contributed by atoms with Crippen LogP contribution < -0.4 is 9.64 Å². The fraction of sp³-hybridized carbons (Fsp3) is 0.143. The zero-order valence-electron chi connectivity index (χ0n) is 15.5. The second kappa shape index (κ2) is 8.32. The largest absolute Gasteiger partial charge is 0.496 e. The summed E-state index contributed by atoms with van der Waals surface area (Å²) in [5.41, 5.74) is 2.34. The molecule has 7 heteroatoms. The Morgan fingerprint density at radius 3 is 2.29 bits per heavy atom. The van der Waals surface area contributed by atoms with Gasteiger partial charge in [-0.25, -0.2) is 4.79 Å². The van der Waals surface area contributed by atoms with E-state index in [9.17, 15) is 9.59 Å². The molecule has 0 fully saturated rings. The van der Waals surface area contributed by atoms with Crippen molar-refractivity contribution in [2.75, 3.05) is 19.1 Å². The average molecular weight is 507 g/mol. The molecular weight excluding hydrogens is 490 g/mol. The topological polar surface area (TPSA) is 55.8 Å². The van der Waals surface area contributed by atoms with Crippen LogP contribution in [0.25, 0.3) is 6.08 Å². The van der Waals surface area contributed by atoms with Crippen LogP contribution in [0.5, 0.6) is 5.75 Å². The first-order chi connectivity index (χ1) is 13.4. The van der Waals surface area contributed by atoms with Crippen LogP contribution >= 0.6 is 31.9 Å². The number of rotatable bonds is 4. The van der Waals surface area contributed by atoms with Crippen LogP contribution in [-0.4, -0.2) is 26.1 Å². The molecule has 0 spiro atoms. The molecule has 1 amide bonds. The number of anilines is 1. The van der Waals surface area contributed by atoms with Crippen molar-refractivity contribution >= 4 is 55.5 Å². The van der Waals surface area contributed by atoms with Gasteiger partial charge in [-0.3, -0.25) is 9.69 Å². The summed E-state index contributed by atoms with van der Waals surface area (Å²) in [6.07, 6.45) is 1.65. The third-order valence-electron chi connectivity index (χ3n) is 4.37. The van der Waals surface area contributed by atoms with Crippen molar-refractivity contribution in [3.05, 3.63) is 73.8 Å². The van der Waals surface area contributed by atoms with E-state index < -0.39 is 5.97 Å². The molecule has 0 aliphatic carbocycles. The molecule has 1 aliphatic heterocycles. The van der Waals surface area contributed by atoms with Crippen molar-refractivity contribution in [1.82, 2.24) is 0 Å². The summed E-state index contributed by atoms with van der Waals surface area (Å²) in [6.45, 7) is 1.73. The summed E-state index contributed by atoms with van der Waals surface area (Å²) < 4.78 is 12.1. The average Bonchev–Trinajstić information content (AvgIpc) is 2.92. The first-order valence-electron chi connectivity index (χ1n) is 8.32. The van der Waals surface area contributed by atoms with Crippen LogP contribution in [-0.2, 0) is 14.3 Å².